The third-order valence-electron chi connectivity index (χ3n) is 4.13. The van der Waals surface area contributed by atoms with Crippen LogP contribution in [-0.2, 0) is 4.79 Å². The SMILES string of the molecule is CC1CCCN1C(=O)CCN1CCNC[C@H]1C.Cl. The van der Waals surface area contributed by atoms with Crippen LogP contribution in [0.4, 0.5) is 0 Å². The van der Waals surface area contributed by atoms with Crippen molar-refractivity contribution in [1.29, 1.82) is 0 Å². The molecular weight excluding hydrogens is 250 g/mol. The van der Waals surface area contributed by atoms with Gasteiger partial charge in [0.1, 0.15) is 0 Å². The van der Waals surface area contributed by atoms with Crippen LogP contribution in [0.2, 0.25) is 0 Å². The van der Waals surface area contributed by atoms with E-state index in [-0.39, 0.29) is 12.4 Å². The summed E-state index contributed by atoms with van der Waals surface area (Å²) in [5.41, 5.74) is 0. The zero-order valence-corrected chi connectivity index (χ0v) is 12.3. The predicted octanol–water partition coefficient (Wildman–Crippen LogP) is 1.10. The number of likely N-dealkylation sites (tertiary alicyclic amines) is 1. The fourth-order valence-corrected chi connectivity index (χ4v) is 2.90. The van der Waals surface area contributed by atoms with Crippen molar-refractivity contribution in [2.75, 3.05) is 32.7 Å². The Bertz CT molecular complexity index is 275. The van der Waals surface area contributed by atoms with Crippen molar-refractivity contribution >= 4 is 18.3 Å². The molecule has 0 spiro atoms. The Kier molecular flexibility index (Phi) is 6.39. The van der Waals surface area contributed by atoms with Crippen LogP contribution in [0.5, 0.6) is 0 Å². The maximum absolute atomic E-state index is 12.1. The molecule has 2 saturated heterocycles. The highest BCUT2D eigenvalue weighted by atomic mass is 35.5. The maximum atomic E-state index is 12.1. The molecule has 0 bridgehead atoms. The maximum Gasteiger partial charge on any atom is 0.224 e. The van der Waals surface area contributed by atoms with Crippen molar-refractivity contribution in [1.82, 2.24) is 15.1 Å². The third kappa shape index (κ3) is 3.84. The van der Waals surface area contributed by atoms with E-state index in [4.69, 9.17) is 0 Å². The lowest BCUT2D eigenvalue weighted by atomic mass is 10.2. The van der Waals surface area contributed by atoms with E-state index in [1.807, 2.05) is 0 Å². The van der Waals surface area contributed by atoms with Crippen LogP contribution in [0.15, 0.2) is 0 Å². The van der Waals surface area contributed by atoms with Crippen LogP contribution >= 0.6 is 12.4 Å². The first-order valence-corrected chi connectivity index (χ1v) is 6.92. The second-order valence-corrected chi connectivity index (χ2v) is 5.42. The smallest absolute Gasteiger partial charge is 0.224 e. The molecule has 0 radical (unpaired) electrons. The fraction of sp³-hybridized carbons (Fsp3) is 0.923. The Morgan fingerprint density at radius 1 is 1.28 bits per heavy atom. The van der Waals surface area contributed by atoms with Gasteiger partial charge in [-0.15, -0.1) is 12.4 Å². The molecule has 1 amide bonds. The molecule has 1 unspecified atom stereocenters. The summed E-state index contributed by atoms with van der Waals surface area (Å²) in [6.45, 7) is 9.46. The highest BCUT2D eigenvalue weighted by molar-refractivity contribution is 5.85. The van der Waals surface area contributed by atoms with Gasteiger partial charge >= 0.3 is 0 Å². The van der Waals surface area contributed by atoms with E-state index in [9.17, 15) is 4.79 Å². The monoisotopic (exact) mass is 275 g/mol. The minimum absolute atomic E-state index is 0. The predicted molar refractivity (Wildman–Crippen MR) is 76.2 cm³/mol. The molecular formula is C13H26ClN3O. The summed E-state index contributed by atoms with van der Waals surface area (Å²) in [6.07, 6.45) is 3.04. The van der Waals surface area contributed by atoms with Crippen molar-refractivity contribution in [2.45, 2.75) is 45.2 Å². The Hall–Kier alpha value is -0.320. The lowest BCUT2D eigenvalue weighted by molar-refractivity contribution is -0.132. The number of piperazine rings is 1. The van der Waals surface area contributed by atoms with Crippen molar-refractivity contribution < 1.29 is 4.79 Å². The third-order valence-corrected chi connectivity index (χ3v) is 4.13. The fourth-order valence-electron chi connectivity index (χ4n) is 2.90. The van der Waals surface area contributed by atoms with Crippen LogP contribution in [-0.4, -0.2) is 60.5 Å². The zero-order valence-electron chi connectivity index (χ0n) is 11.5. The van der Waals surface area contributed by atoms with Gasteiger partial charge in [-0.2, -0.15) is 0 Å². The number of hydrogen-bond acceptors (Lipinski definition) is 3. The van der Waals surface area contributed by atoms with E-state index in [0.29, 0.717) is 24.4 Å². The summed E-state index contributed by atoms with van der Waals surface area (Å²) in [4.78, 5) is 16.6. The second kappa shape index (κ2) is 7.31. The normalized spacial score (nSPS) is 29.1. The van der Waals surface area contributed by atoms with Gasteiger partial charge in [0.25, 0.3) is 0 Å². The van der Waals surface area contributed by atoms with Gasteiger partial charge in [-0.1, -0.05) is 0 Å². The molecule has 2 rings (SSSR count). The lowest BCUT2D eigenvalue weighted by Gasteiger charge is -2.34. The average molecular weight is 276 g/mol. The van der Waals surface area contributed by atoms with Crippen LogP contribution in [0.1, 0.15) is 33.1 Å². The summed E-state index contributed by atoms with van der Waals surface area (Å²) in [7, 11) is 0. The highest BCUT2D eigenvalue weighted by Crippen LogP contribution is 2.17. The molecule has 5 heteroatoms. The number of carbonyl (C=O) groups is 1. The van der Waals surface area contributed by atoms with Gasteiger partial charge in [-0.3, -0.25) is 9.69 Å². The Labute approximate surface area is 116 Å². The summed E-state index contributed by atoms with van der Waals surface area (Å²) in [5.74, 6) is 0.348. The Morgan fingerprint density at radius 3 is 2.67 bits per heavy atom. The molecule has 2 aliphatic rings. The van der Waals surface area contributed by atoms with E-state index in [1.165, 1.54) is 12.8 Å². The first kappa shape index (κ1) is 15.7. The Balaban J connectivity index is 0.00000162. The number of carbonyl (C=O) groups excluding carboxylic acids is 1. The second-order valence-electron chi connectivity index (χ2n) is 5.42. The molecule has 18 heavy (non-hydrogen) atoms. The van der Waals surface area contributed by atoms with Gasteiger partial charge in [0, 0.05) is 51.2 Å². The van der Waals surface area contributed by atoms with E-state index < -0.39 is 0 Å². The van der Waals surface area contributed by atoms with E-state index in [0.717, 1.165) is 32.7 Å². The number of halogens is 1. The van der Waals surface area contributed by atoms with Crippen LogP contribution < -0.4 is 5.32 Å². The summed E-state index contributed by atoms with van der Waals surface area (Å²) in [5, 5.41) is 3.38. The van der Waals surface area contributed by atoms with Gasteiger partial charge in [-0.05, 0) is 26.7 Å². The number of nitrogens with zero attached hydrogens (tertiary/aromatic N) is 2. The summed E-state index contributed by atoms with van der Waals surface area (Å²) >= 11 is 0. The largest absolute Gasteiger partial charge is 0.340 e. The van der Waals surface area contributed by atoms with E-state index in [2.05, 4.69) is 29.0 Å². The van der Waals surface area contributed by atoms with Crippen LogP contribution in [0.25, 0.3) is 0 Å². The quantitative estimate of drug-likeness (QED) is 0.838. The molecule has 0 aromatic carbocycles. The molecule has 2 aliphatic heterocycles. The average Bonchev–Trinajstić information content (AvgIpc) is 2.74. The summed E-state index contributed by atoms with van der Waals surface area (Å²) in [6, 6.07) is 1.02. The molecule has 0 saturated carbocycles. The molecule has 0 aliphatic carbocycles. The lowest BCUT2D eigenvalue weighted by Crippen LogP contribution is -2.50. The zero-order chi connectivity index (χ0) is 12.3. The molecule has 2 atom stereocenters. The molecule has 2 fully saturated rings. The first-order valence-electron chi connectivity index (χ1n) is 6.92. The summed E-state index contributed by atoms with van der Waals surface area (Å²) < 4.78 is 0. The standard InChI is InChI=1S/C13H25N3O.ClH/c1-11-4-3-7-16(11)13(17)5-8-15-9-6-14-10-12(15)2;/h11-12,14H,3-10H2,1-2H3;1H/t11?,12-;/m1./s1. The van der Waals surface area contributed by atoms with Crippen molar-refractivity contribution in [2.24, 2.45) is 0 Å². The minimum atomic E-state index is 0. The van der Waals surface area contributed by atoms with E-state index >= 15 is 0 Å². The number of amides is 1. The number of hydrogen-bond donors (Lipinski definition) is 1. The molecule has 0 aromatic heterocycles. The van der Waals surface area contributed by atoms with Crippen molar-refractivity contribution in [3.8, 4) is 0 Å². The Morgan fingerprint density at radius 2 is 2.06 bits per heavy atom. The number of rotatable bonds is 3. The van der Waals surface area contributed by atoms with Crippen molar-refractivity contribution in [3.05, 3.63) is 0 Å². The molecule has 1 N–H and O–H groups in total. The molecule has 106 valence electrons. The molecule has 4 nitrogen and oxygen atoms in total. The van der Waals surface area contributed by atoms with Crippen molar-refractivity contribution in [3.63, 3.8) is 0 Å². The van der Waals surface area contributed by atoms with Gasteiger partial charge in [0.05, 0.1) is 0 Å². The molecule has 0 aromatic rings. The van der Waals surface area contributed by atoms with E-state index in [1.54, 1.807) is 0 Å². The van der Waals surface area contributed by atoms with Crippen LogP contribution in [0, 0.1) is 0 Å². The minimum Gasteiger partial charge on any atom is -0.340 e. The van der Waals surface area contributed by atoms with Crippen LogP contribution in [0.3, 0.4) is 0 Å². The van der Waals surface area contributed by atoms with Gasteiger partial charge in [0.15, 0.2) is 0 Å². The van der Waals surface area contributed by atoms with Gasteiger partial charge in [-0.25, -0.2) is 0 Å². The highest BCUT2D eigenvalue weighted by Gasteiger charge is 2.26. The van der Waals surface area contributed by atoms with Gasteiger partial charge < -0.3 is 10.2 Å². The first-order chi connectivity index (χ1) is 8.18. The number of nitrogens with one attached hydrogen (secondary N) is 1. The topological polar surface area (TPSA) is 35.6 Å². The molecule has 2 heterocycles. The van der Waals surface area contributed by atoms with Gasteiger partial charge in [0.2, 0.25) is 5.91 Å².